The average molecular weight is 411 g/mol. The topological polar surface area (TPSA) is 84.7 Å². The zero-order valence-electron chi connectivity index (χ0n) is 17.8. The lowest BCUT2D eigenvalue weighted by Gasteiger charge is -2.11. The second-order valence-corrected chi connectivity index (χ2v) is 7.09. The molecular formula is C21H25N5O4. The molecule has 1 aromatic carbocycles. The number of benzene rings is 1. The number of rotatable bonds is 6. The highest BCUT2D eigenvalue weighted by atomic mass is 16.5. The van der Waals surface area contributed by atoms with Crippen molar-refractivity contribution in [3.8, 4) is 11.4 Å². The van der Waals surface area contributed by atoms with Gasteiger partial charge in [-0.1, -0.05) is 12.1 Å². The van der Waals surface area contributed by atoms with Crippen LogP contribution in [0.4, 0.5) is 0 Å². The van der Waals surface area contributed by atoms with Crippen LogP contribution in [0, 0.1) is 13.8 Å². The van der Waals surface area contributed by atoms with E-state index in [9.17, 15) is 9.59 Å². The van der Waals surface area contributed by atoms with Gasteiger partial charge in [0.1, 0.15) is 5.75 Å². The Kier molecular flexibility index (Phi) is 4.98. The van der Waals surface area contributed by atoms with Gasteiger partial charge in [0.15, 0.2) is 11.2 Å². The fraction of sp³-hybridized carbons (Fsp3) is 0.381. The van der Waals surface area contributed by atoms with Gasteiger partial charge in [-0.2, -0.15) is 4.98 Å². The largest absolute Gasteiger partial charge is 0.495 e. The Morgan fingerprint density at radius 3 is 2.53 bits per heavy atom. The number of aromatic nitrogens is 5. The van der Waals surface area contributed by atoms with Crippen LogP contribution in [-0.4, -0.2) is 43.4 Å². The molecule has 3 aromatic heterocycles. The smallest absolute Gasteiger partial charge is 0.332 e. The summed E-state index contributed by atoms with van der Waals surface area (Å²) in [4.78, 5) is 30.8. The fourth-order valence-electron chi connectivity index (χ4n) is 3.85. The van der Waals surface area contributed by atoms with Crippen LogP contribution < -0.4 is 16.0 Å². The van der Waals surface area contributed by atoms with Crippen LogP contribution in [0.2, 0.25) is 0 Å². The van der Waals surface area contributed by atoms with Crippen molar-refractivity contribution in [2.45, 2.75) is 27.3 Å². The maximum absolute atomic E-state index is 13.3. The van der Waals surface area contributed by atoms with Crippen molar-refractivity contribution in [2.24, 2.45) is 7.05 Å². The molecule has 0 saturated heterocycles. The van der Waals surface area contributed by atoms with E-state index < -0.39 is 5.69 Å². The minimum Gasteiger partial charge on any atom is -0.495 e. The molecule has 0 N–H and O–H groups in total. The number of hydrogen-bond donors (Lipinski definition) is 0. The summed E-state index contributed by atoms with van der Waals surface area (Å²) in [5.41, 5.74) is 2.54. The van der Waals surface area contributed by atoms with Crippen molar-refractivity contribution in [3.63, 3.8) is 0 Å². The van der Waals surface area contributed by atoms with E-state index >= 15 is 0 Å². The summed E-state index contributed by atoms with van der Waals surface area (Å²) in [6.07, 6.45) is 0. The zero-order valence-corrected chi connectivity index (χ0v) is 17.8. The molecule has 158 valence electrons. The number of fused-ring (bicyclic) bond motifs is 3. The van der Waals surface area contributed by atoms with Crippen LogP contribution in [0.5, 0.6) is 5.75 Å². The molecule has 0 radical (unpaired) electrons. The third-order valence-electron chi connectivity index (χ3n) is 5.51. The van der Waals surface area contributed by atoms with E-state index in [2.05, 4.69) is 0 Å². The van der Waals surface area contributed by atoms with Crippen molar-refractivity contribution in [2.75, 3.05) is 20.3 Å². The SMILES string of the molecule is CCOCCn1c(=O)c2c(nc3n(-c4ccccc4OC)c(C)c(C)n23)n(C)c1=O. The molecule has 0 amide bonds. The predicted octanol–water partition coefficient (Wildman–Crippen LogP) is 1.80. The molecule has 0 spiro atoms. The van der Waals surface area contributed by atoms with E-state index in [-0.39, 0.29) is 12.1 Å². The lowest BCUT2D eigenvalue weighted by atomic mass is 10.2. The van der Waals surface area contributed by atoms with Crippen LogP contribution in [0.3, 0.4) is 0 Å². The monoisotopic (exact) mass is 411 g/mol. The first-order valence-electron chi connectivity index (χ1n) is 9.83. The second kappa shape index (κ2) is 7.49. The molecular weight excluding hydrogens is 386 g/mol. The van der Waals surface area contributed by atoms with Gasteiger partial charge in [0.2, 0.25) is 5.78 Å². The molecule has 0 aliphatic heterocycles. The summed E-state index contributed by atoms with van der Waals surface area (Å²) >= 11 is 0. The van der Waals surface area contributed by atoms with Crippen LogP contribution in [-0.2, 0) is 18.3 Å². The highest BCUT2D eigenvalue weighted by Crippen LogP contribution is 2.29. The summed E-state index contributed by atoms with van der Waals surface area (Å²) in [6, 6.07) is 7.63. The number of para-hydroxylation sites is 2. The van der Waals surface area contributed by atoms with Crippen LogP contribution >= 0.6 is 0 Å². The lowest BCUT2D eigenvalue weighted by Crippen LogP contribution is -2.40. The molecule has 0 saturated carbocycles. The lowest BCUT2D eigenvalue weighted by molar-refractivity contribution is 0.137. The molecule has 0 aliphatic carbocycles. The van der Waals surface area contributed by atoms with Gasteiger partial charge in [-0.25, -0.2) is 4.79 Å². The first-order chi connectivity index (χ1) is 14.4. The normalized spacial score (nSPS) is 11.6. The number of ether oxygens (including phenoxy) is 2. The van der Waals surface area contributed by atoms with Gasteiger partial charge < -0.3 is 9.47 Å². The van der Waals surface area contributed by atoms with E-state index in [4.69, 9.17) is 14.5 Å². The standard InChI is InChI=1S/C21H25N5O4/c1-6-30-12-11-24-19(27)17-18(23(4)21(24)28)22-20-25(13(2)14(3)26(17)20)15-9-7-8-10-16(15)29-5/h7-10H,6,11-12H2,1-5H3. The summed E-state index contributed by atoms with van der Waals surface area (Å²) in [5, 5.41) is 0. The molecule has 4 aromatic rings. The highest BCUT2D eigenvalue weighted by molar-refractivity contribution is 5.77. The third kappa shape index (κ3) is 2.77. The van der Waals surface area contributed by atoms with Gasteiger partial charge in [0.05, 0.1) is 25.9 Å². The van der Waals surface area contributed by atoms with Gasteiger partial charge in [0, 0.05) is 25.0 Å². The van der Waals surface area contributed by atoms with E-state index in [0.29, 0.717) is 35.9 Å². The Labute approximate surface area is 172 Å². The van der Waals surface area contributed by atoms with Gasteiger partial charge in [-0.3, -0.25) is 22.9 Å². The van der Waals surface area contributed by atoms with Crippen molar-refractivity contribution in [1.82, 2.24) is 23.1 Å². The molecule has 30 heavy (non-hydrogen) atoms. The number of aryl methyl sites for hydroxylation is 2. The first-order valence-corrected chi connectivity index (χ1v) is 9.83. The quantitative estimate of drug-likeness (QED) is 0.452. The number of nitrogens with zero attached hydrogens (tertiary/aromatic N) is 5. The number of hydrogen-bond acceptors (Lipinski definition) is 5. The fourth-order valence-corrected chi connectivity index (χ4v) is 3.85. The third-order valence-corrected chi connectivity index (χ3v) is 5.51. The van der Waals surface area contributed by atoms with Gasteiger partial charge in [-0.05, 0) is 32.9 Å². The summed E-state index contributed by atoms with van der Waals surface area (Å²) < 4.78 is 17.3. The van der Waals surface area contributed by atoms with E-state index in [0.717, 1.165) is 17.1 Å². The maximum atomic E-state index is 13.3. The number of imidazole rings is 2. The van der Waals surface area contributed by atoms with Crippen LogP contribution in [0.25, 0.3) is 22.6 Å². The Hall–Kier alpha value is -3.33. The van der Waals surface area contributed by atoms with Gasteiger partial charge in [-0.15, -0.1) is 0 Å². The van der Waals surface area contributed by atoms with E-state index in [1.165, 1.54) is 9.13 Å². The molecule has 9 heteroatoms. The predicted molar refractivity (Wildman–Crippen MR) is 114 cm³/mol. The molecule has 0 aliphatic rings. The van der Waals surface area contributed by atoms with Gasteiger partial charge >= 0.3 is 5.69 Å². The van der Waals surface area contributed by atoms with Crippen molar-refractivity contribution >= 4 is 16.9 Å². The van der Waals surface area contributed by atoms with Crippen LogP contribution in [0.1, 0.15) is 18.3 Å². The van der Waals surface area contributed by atoms with Gasteiger partial charge in [0.25, 0.3) is 5.56 Å². The molecule has 0 bridgehead atoms. The Morgan fingerprint density at radius 2 is 1.83 bits per heavy atom. The summed E-state index contributed by atoms with van der Waals surface area (Å²) in [5.74, 6) is 1.24. The van der Waals surface area contributed by atoms with Crippen molar-refractivity contribution < 1.29 is 9.47 Å². The molecule has 0 fully saturated rings. The van der Waals surface area contributed by atoms with E-state index in [1.807, 2.05) is 54.0 Å². The first kappa shape index (κ1) is 20.0. The maximum Gasteiger partial charge on any atom is 0.332 e. The summed E-state index contributed by atoms with van der Waals surface area (Å²) in [6.45, 7) is 6.78. The van der Waals surface area contributed by atoms with Crippen molar-refractivity contribution in [3.05, 3.63) is 56.5 Å². The molecule has 9 nitrogen and oxygen atoms in total. The van der Waals surface area contributed by atoms with Crippen molar-refractivity contribution in [1.29, 1.82) is 0 Å². The average Bonchev–Trinajstić information content (AvgIpc) is 3.24. The summed E-state index contributed by atoms with van der Waals surface area (Å²) in [7, 11) is 3.24. The van der Waals surface area contributed by atoms with Crippen LogP contribution in [0.15, 0.2) is 33.9 Å². The Bertz CT molecular complexity index is 1370. The molecule has 4 rings (SSSR count). The minimum absolute atomic E-state index is 0.188. The minimum atomic E-state index is -0.411. The molecule has 0 unspecified atom stereocenters. The van der Waals surface area contributed by atoms with E-state index in [1.54, 1.807) is 14.2 Å². The Balaban J connectivity index is 2.09. The number of methoxy groups -OCH3 is 1. The molecule has 0 atom stereocenters. The Morgan fingerprint density at radius 1 is 1.10 bits per heavy atom. The second-order valence-electron chi connectivity index (χ2n) is 7.09. The highest BCUT2D eigenvalue weighted by Gasteiger charge is 2.24. The zero-order chi connectivity index (χ0) is 21.6. The molecule has 3 heterocycles.